The second-order valence-electron chi connectivity index (χ2n) is 11.6. The van der Waals surface area contributed by atoms with Crippen molar-refractivity contribution < 1.29 is 10.2 Å². The normalized spacial score (nSPS) is 28.2. The minimum Gasteiger partial charge on any atom is -0.393 e. The van der Waals surface area contributed by atoms with Crippen molar-refractivity contribution in [1.82, 2.24) is 0 Å². The fourth-order valence-corrected chi connectivity index (χ4v) is 4.99. The summed E-state index contributed by atoms with van der Waals surface area (Å²) in [7, 11) is 0. The highest BCUT2D eigenvalue weighted by molar-refractivity contribution is 5.18. The molecule has 0 radical (unpaired) electrons. The largest absolute Gasteiger partial charge is 0.393 e. The lowest BCUT2D eigenvalue weighted by atomic mass is 9.78. The van der Waals surface area contributed by atoms with Crippen molar-refractivity contribution >= 4 is 0 Å². The molecule has 2 rings (SSSR count). The number of aliphatic hydroxyl groups is 2. The van der Waals surface area contributed by atoms with Gasteiger partial charge in [0.15, 0.2) is 0 Å². The van der Waals surface area contributed by atoms with Crippen molar-refractivity contribution in [2.24, 2.45) is 28.6 Å². The topological polar surface area (TPSA) is 40.5 Å². The molecule has 0 bridgehead atoms. The molecule has 0 aromatic heterocycles. The Balaban J connectivity index is 0.000000300. The molecular weight excluding hydrogens is 368 g/mol. The summed E-state index contributed by atoms with van der Waals surface area (Å²) in [4.78, 5) is 0. The SMILES string of the molecule is CC1=CC(C)(C)C(C/C=C(\C)C(C)O)C1.CC1=CC(C)(C)C(CCC(C)C(C)O)C1. The summed E-state index contributed by atoms with van der Waals surface area (Å²) in [5.41, 5.74) is 4.82. The van der Waals surface area contributed by atoms with Gasteiger partial charge in [-0.25, -0.2) is 0 Å². The third kappa shape index (κ3) is 8.35. The van der Waals surface area contributed by atoms with Gasteiger partial charge in [-0.2, -0.15) is 0 Å². The number of aliphatic hydroxyl groups excluding tert-OH is 2. The average Bonchev–Trinajstić information content (AvgIpc) is 3.02. The lowest BCUT2D eigenvalue weighted by Gasteiger charge is -2.27. The van der Waals surface area contributed by atoms with Gasteiger partial charge < -0.3 is 10.2 Å². The van der Waals surface area contributed by atoms with E-state index in [1.807, 2.05) is 20.8 Å². The lowest BCUT2D eigenvalue weighted by Crippen LogP contribution is -2.20. The molecule has 30 heavy (non-hydrogen) atoms. The van der Waals surface area contributed by atoms with Crippen LogP contribution >= 0.6 is 0 Å². The molecule has 5 unspecified atom stereocenters. The van der Waals surface area contributed by atoms with Crippen molar-refractivity contribution in [3.8, 4) is 0 Å². The predicted molar refractivity (Wildman–Crippen MR) is 131 cm³/mol. The first kappa shape index (κ1) is 27.2. The molecule has 0 aromatic carbocycles. The predicted octanol–water partition coefficient (Wildman–Crippen LogP) is 7.47. The van der Waals surface area contributed by atoms with Crippen LogP contribution in [-0.2, 0) is 0 Å². The minimum absolute atomic E-state index is 0.163. The van der Waals surface area contributed by atoms with Crippen LogP contribution in [0.1, 0.15) is 101 Å². The maximum Gasteiger partial charge on any atom is 0.0719 e. The Morgan fingerprint density at radius 2 is 1.43 bits per heavy atom. The molecule has 0 aromatic rings. The molecule has 2 nitrogen and oxygen atoms in total. The van der Waals surface area contributed by atoms with Crippen molar-refractivity contribution in [2.45, 2.75) is 114 Å². The van der Waals surface area contributed by atoms with Gasteiger partial charge in [0, 0.05) is 0 Å². The van der Waals surface area contributed by atoms with Gasteiger partial charge in [-0.15, -0.1) is 0 Å². The Morgan fingerprint density at radius 1 is 0.967 bits per heavy atom. The molecule has 174 valence electrons. The molecule has 0 amide bonds. The number of hydrogen-bond acceptors (Lipinski definition) is 2. The standard InChI is InChI=1S/C14H26O.C14H24O/c2*1-10-8-13(14(4,5)9-10)7-6-11(2)12(3)15/h9,11-13,15H,6-8H2,1-5H3;6,9,12-13,15H,7-8H2,1-5H3/b;11-6+. The van der Waals surface area contributed by atoms with E-state index in [4.69, 9.17) is 0 Å². The Labute approximate surface area is 187 Å². The Bertz CT molecular complexity index is 631. The van der Waals surface area contributed by atoms with Gasteiger partial charge in [0.1, 0.15) is 0 Å². The van der Waals surface area contributed by atoms with Gasteiger partial charge in [0.2, 0.25) is 0 Å². The zero-order valence-corrected chi connectivity index (χ0v) is 21.5. The van der Waals surface area contributed by atoms with Gasteiger partial charge in [-0.05, 0) is 101 Å². The highest BCUT2D eigenvalue weighted by atomic mass is 16.3. The maximum atomic E-state index is 9.46. The van der Waals surface area contributed by atoms with Crippen LogP contribution in [0.15, 0.2) is 34.9 Å². The fraction of sp³-hybridized carbons (Fsp3) is 0.786. The molecule has 0 saturated carbocycles. The molecule has 2 aliphatic carbocycles. The molecule has 0 heterocycles. The minimum atomic E-state index is -0.302. The van der Waals surface area contributed by atoms with E-state index < -0.39 is 0 Å². The zero-order valence-electron chi connectivity index (χ0n) is 21.5. The third-order valence-electron chi connectivity index (χ3n) is 7.66. The fourth-order valence-electron chi connectivity index (χ4n) is 4.99. The van der Waals surface area contributed by atoms with Gasteiger partial charge in [-0.1, -0.05) is 64.0 Å². The molecular formula is C28H50O2. The quantitative estimate of drug-likeness (QED) is 0.421. The molecule has 2 N–H and O–H groups in total. The van der Waals surface area contributed by atoms with Crippen molar-refractivity contribution in [2.75, 3.05) is 0 Å². The summed E-state index contributed by atoms with van der Waals surface area (Å²) in [6, 6.07) is 0. The summed E-state index contributed by atoms with van der Waals surface area (Å²) < 4.78 is 0. The van der Waals surface area contributed by atoms with Crippen LogP contribution in [0.25, 0.3) is 0 Å². The van der Waals surface area contributed by atoms with E-state index in [0.29, 0.717) is 22.7 Å². The first-order chi connectivity index (χ1) is 13.7. The average molecular weight is 419 g/mol. The van der Waals surface area contributed by atoms with Crippen LogP contribution < -0.4 is 0 Å². The highest BCUT2D eigenvalue weighted by Gasteiger charge is 2.33. The second kappa shape index (κ2) is 11.1. The van der Waals surface area contributed by atoms with Crippen LogP contribution in [0.4, 0.5) is 0 Å². The van der Waals surface area contributed by atoms with E-state index in [2.05, 4.69) is 66.7 Å². The zero-order chi connectivity index (χ0) is 23.3. The molecule has 2 heteroatoms. The number of hydrogen-bond donors (Lipinski definition) is 2. The van der Waals surface area contributed by atoms with Gasteiger partial charge >= 0.3 is 0 Å². The molecule has 0 fully saturated rings. The van der Waals surface area contributed by atoms with Crippen LogP contribution in [0, 0.1) is 28.6 Å². The summed E-state index contributed by atoms with van der Waals surface area (Å²) >= 11 is 0. The molecule has 0 aliphatic heterocycles. The van der Waals surface area contributed by atoms with Crippen molar-refractivity contribution in [3.05, 3.63) is 34.9 Å². The van der Waals surface area contributed by atoms with Crippen LogP contribution in [0.3, 0.4) is 0 Å². The molecule has 2 aliphatic rings. The number of allylic oxidation sites excluding steroid dienone is 5. The van der Waals surface area contributed by atoms with Crippen LogP contribution in [0.5, 0.6) is 0 Å². The van der Waals surface area contributed by atoms with E-state index >= 15 is 0 Å². The summed E-state index contributed by atoms with van der Waals surface area (Å²) in [6.07, 6.45) is 12.5. The second-order valence-corrected chi connectivity index (χ2v) is 11.6. The smallest absolute Gasteiger partial charge is 0.0719 e. The van der Waals surface area contributed by atoms with Crippen LogP contribution in [-0.4, -0.2) is 22.4 Å². The molecule has 0 spiro atoms. The highest BCUT2D eigenvalue weighted by Crippen LogP contribution is 2.44. The van der Waals surface area contributed by atoms with Crippen molar-refractivity contribution in [3.63, 3.8) is 0 Å². The summed E-state index contributed by atoms with van der Waals surface area (Å²) in [6.45, 7) is 21.6. The van der Waals surface area contributed by atoms with E-state index in [9.17, 15) is 10.2 Å². The van der Waals surface area contributed by atoms with E-state index in [0.717, 1.165) is 24.3 Å². The van der Waals surface area contributed by atoms with Gasteiger partial charge in [0.25, 0.3) is 0 Å². The van der Waals surface area contributed by atoms with Gasteiger partial charge in [0.05, 0.1) is 12.2 Å². The summed E-state index contributed by atoms with van der Waals surface area (Å²) in [5, 5.41) is 18.9. The first-order valence-electron chi connectivity index (χ1n) is 12.0. The third-order valence-corrected chi connectivity index (χ3v) is 7.66. The molecule has 5 atom stereocenters. The Morgan fingerprint density at radius 3 is 1.80 bits per heavy atom. The van der Waals surface area contributed by atoms with E-state index in [1.165, 1.54) is 30.4 Å². The monoisotopic (exact) mass is 418 g/mol. The number of rotatable bonds is 7. The van der Waals surface area contributed by atoms with E-state index in [1.54, 1.807) is 0 Å². The Kier molecular flexibility index (Phi) is 10.1. The maximum absolute atomic E-state index is 9.46. The lowest BCUT2D eigenvalue weighted by molar-refractivity contribution is 0.120. The summed E-state index contributed by atoms with van der Waals surface area (Å²) in [5.74, 6) is 1.91. The molecule has 0 saturated heterocycles. The Hall–Kier alpha value is -0.860. The van der Waals surface area contributed by atoms with E-state index in [-0.39, 0.29) is 12.2 Å². The van der Waals surface area contributed by atoms with Crippen LogP contribution in [0.2, 0.25) is 0 Å². The first-order valence-corrected chi connectivity index (χ1v) is 12.0. The van der Waals surface area contributed by atoms with Gasteiger partial charge in [-0.3, -0.25) is 0 Å². The van der Waals surface area contributed by atoms with Crippen molar-refractivity contribution in [1.29, 1.82) is 0 Å².